The van der Waals surface area contributed by atoms with Crippen LogP contribution in [0.2, 0.25) is 0 Å². The molecule has 3 aliphatic rings. The summed E-state index contributed by atoms with van der Waals surface area (Å²) in [4.78, 5) is 2.37. The summed E-state index contributed by atoms with van der Waals surface area (Å²) >= 11 is 0. The van der Waals surface area contributed by atoms with E-state index in [-0.39, 0.29) is 0 Å². The fraction of sp³-hybridized carbons (Fsp3) is 0.400. The molecule has 0 spiro atoms. The maximum atomic E-state index is 5.66. The number of benzene rings is 1. The zero-order valence-electron chi connectivity index (χ0n) is 6.90. The Bertz CT molecular complexity index is 292. The van der Waals surface area contributed by atoms with E-state index in [0.29, 0.717) is 18.8 Å². The molecule has 0 saturated carbocycles. The number of hydrogen-bond acceptors (Lipinski definition) is 2. The molecule has 2 heterocycles. The minimum absolute atomic E-state index is 0.635. The Kier molecular flexibility index (Phi) is 1.15. The van der Waals surface area contributed by atoms with Crippen LogP contribution in [-0.4, -0.2) is 11.6 Å². The second kappa shape index (κ2) is 2.09. The van der Waals surface area contributed by atoms with Gasteiger partial charge in [0, 0.05) is 18.8 Å². The fourth-order valence-corrected chi connectivity index (χ4v) is 2.55. The summed E-state index contributed by atoms with van der Waals surface area (Å²) in [5, 5.41) is 0. The van der Waals surface area contributed by atoms with Crippen molar-refractivity contribution in [3.8, 4) is 0 Å². The SMILES string of the molecule is NCN1C2CC1c1ccccc12. The Balaban J connectivity index is 2.09. The summed E-state index contributed by atoms with van der Waals surface area (Å²) in [5.41, 5.74) is 8.67. The minimum atomic E-state index is 0.635. The smallest absolute Gasteiger partial charge is 0.0467 e. The second-order valence-electron chi connectivity index (χ2n) is 3.59. The molecule has 0 amide bonds. The molecule has 2 heteroatoms. The number of rotatable bonds is 1. The van der Waals surface area contributed by atoms with E-state index < -0.39 is 0 Å². The molecule has 2 bridgehead atoms. The second-order valence-corrected chi connectivity index (χ2v) is 3.59. The van der Waals surface area contributed by atoms with Gasteiger partial charge in [-0.25, -0.2) is 0 Å². The van der Waals surface area contributed by atoms with Gasteiger partial charge in [0.25, 0.3) is 0 Å². The normalized spacial score (nSPS) is 31.4. The highest BCUT2D eigenvalue weighted by Gasteiger charge is 2.47. The Labute approximate surface area is 72.0 Å². The van der Waals surface area contributed by atoms with Gasteiger partial charge in [-0.3, -0.25) is 4.90 Å². The van der Waals surface area contributed by atoms with Gasteiger partial charge in [-0.2, -0.15) is 0 Å². The van der Waals surface area contributed by atoms with Crippen molar-refractivity contribution in [3.63, 3.8) is 0 Å². The molecule has 1 aromatic rings. The number of hydrogen-bond donors (Lipinski definition) is 1. The van der Waals surface area contributed by atoms with E-state index in [9.17, 15) is 0 Å². The van der Waals surface area contributed by atoms with Crippen molar-refractivity contribution in [1.82, 2.24) is 4.90 Å². The van der Waals surface area contributed by atoms with Crippen molar-refractivity contribution < 1.29 is 0 Å². The van der Waals surface area contributed by atoms with Crippen LogP contribution in [0.25, 0.3) is 0 Å². The first-order valence-corrected chi connectivity index (χ1v) is 4.46. The maximum absolute atomic E-state index is 5.66. The highest BCUT2D eigenvalue weighted by molar-refractivity contribution is 5.42. The van der Waals surface area contributed by atoms with E-state index in [2.05, 4.69) is 29.2 Å². The van der Waals surface area contributed by atoms with Gasteiger partial charge in [-0.1, -0.05) is 24.3 Å². The van der Waals surface area contributed by atoms with Crippen LogP contribution in [0.4, 0.5) is 0 Å². The van der Waals surface area contributed by atoms with Crippen LogP contribution in [-0.2, 0) is 0 Å². The third kappa shape index (κ3) is 0.586. The summed E-state index contributed by atoms with van der Waals surface area (Å²) in [6.07, 6.45) is 1.29. The summed E-state index contributed by atoms with van der Waals surface area (Å²) in [7, 11) is 0. The molecule has 4 rings (SSSR count). The van der Waals surface area contributed by atoms with Crippen LogP contribution in [0, 0.1) is 0 Å². The Hall–Kier alpha value is -0.860. The first-order chi connectivity index (χ1) is 5.92. The standard InChI is InChI=1S/C10H12N2/c11-6-12-9-5-10(12)8-4-2-1-3-7(8)9/h1-4,9-10H,5-6,11H2. The molecular weight excluding hydrogens is 148 g/mol. The van der Waals surface area contributed by atoms with Crippen LogP contribution in [0.1, 0.15) is 29.6 Å². The molecule has 2 aliphatic heterocycles. The van der Waals surface area contributed by atoms with Crippen molar-refractivity contribution in [2.24, 2.45) is 5.73 Å². The molecule has 62 valence electrons. The highest BCUT2D eigenvalue weighted by atomic mass is 15.3. The van der Waals surface area contributed by atoms with Crippen LogP contribution < -0.4 is 5.73 Å². The summed E-state index contributed by atoms with van der Waals surface area (Å²) in [6.45, 7) is 0.698. The monoisotopic (exact) mass is 160 g/mol. The average Bonchev–Trinajstić information content (AvgIpc) is 2.55. The van der Waals surface area contributed by atoms with Gasteiger partial charge < -0.3 is 5.73 Å². The molecule has 0 aromatic heterocycles. The Morgan fingerprint density at radius 2 is 1.83 bits per heavy atom. The minimum Gasteiger partial charge on any atom is -0.318 e. The molecule has 1 saturated heterocycles. The van der Waals surface area contributed by atoms with E-state index in [4.69, 9.17) is 5.73 Å². The van der Waals surface area contributed by atoms with Gasteiger partial charge in [0.1, 0.15) is 0 Å². The topological polar surface area (TPSA) is 29.3 Å². The van der Waals surface area contributed by atoms with Crippen molar-refractivity contribution in [2.45, 2.75) is 18.5 Å². The van der Waals surface area contributed by atoms with Crippen molar-refractivity contribution in [3.05, 3.63) is 35.4 Å². The largest absolute Gasteiger partial charge is 0.318 e. The Morgan fingerprint density at radius 3 is 2.33 bits per heavy atom. The van der Waals surface area contributed by atoms with E-state index in [1.807, 2.05) is 0 Å². The molecule has 2 N–H and O–H groups in total. The van der Waals surface area contributed by atoms with Crippen molar-refractivity contribution in [2.75, 3.05) is 6.67 Å². The lowest BCUT2D eigenvalue weighted by atomic mass is 10.0. The van der Waals surface area contributed by atoms with Crippen LogP contribution in [0.5, 0.6) is 0 Å². The number of nitrogens with two attached hydrogens (primary N) is 1. The molecule has 2 unspecified atom stereocenters. The summed E-state index contributed by atoms with van der Waals surface area (Å²) in [6, 6.07) is 9.97. The average molecular weight is 160 g/mol. The molecule has 1 aliphatic carbocycles. The van der Waals surface area contributed by atoms with Gasteiger partial charge in [0.15, 0.2) is 0 Å². The zero-order chi connectivity index (χ0) is 8.13. The van der Waals surface area contributed by atoms with E-state index >= 15 is 0 Å². The van der Waals surface area contributed by atoms with Gasteiger partial charge in [-0.15, -0.1) is 0 Å². The first kappa shape index (κ1) is 6.63. The fourth-order valence-electron chi connectivity index (χ4n) is 2.55. The van der Waals surface area contributed by atoms with Crippen molar-refractivity contribution >= 4 is 0 Å². The third-order valence-corrected chi connectivity index (χ3v) is 3.17. The quantitative estimate of drug-likeness (QED) is 0.673. The van der Waals surface area contributed by atoms with E-state index in [1.165, 1.54) is 17.5 Å². The molecule has 12 heavy (non-hydrogen) atoms. The van der Waals surface area contributed by atoms with E-state index in [0.717, 1.165) is 0 Å². The van der Waals surface area contributed by atoms with Gasteiger partial charge in [0.2, 0.25) is 0 Å². The lowest BCUT2D eigenvalue weighted by Gasteiger charge is -2.39. The number of nitrogens with zero attached hydrogens (tertiary/aromatic N) is 1. The van der Waals surface area contributed by atoms with E-state index in [1.54, 1.807) is 0 Å². The lowest BCUT2D eigenvalue weighted by Crippen LogP contribution is -2.40. The molecular formula is C10H12N2. The lowest BCUT2D eigenvalue weighted by molar-refractivity contribution is 0.0452. The van der Waals surface area contributed by atoms with Gasteiger partial charge >= 0.3 is 0 Å². The summed E-state index contributed by atoms with van der Waals surface area (Å²) < 4.78 is 0. The molecule has 1 fully saturated rings. The Morgan fingerprint density at radius 1 is 1.25 bits per heavy atom. The molecule has 0 radical (unpaired) electrons. The predicted octanol–water partition coefficient (Wildman–Crippen LogP) is 1.40. The van der Waals surface area contributed by atoms with Crippen LogP contribution in [0.15, 0.2) is 24.3 Å². The maximum Gasteiger partial charge on any atom is 0.0467 e. The zero-order valence-corrected chi connectivity index (χ0v) is 6.90. The molecule has 2 nitrogen and oxygen atoms in total. The van der Waals surface area contributed by atoms with Gasteiger partial charge in [-0.05, 0) is 17.5 Å². The predicted molar refractivity (Wildman–Crippen MR) is 47.4 cm³/mol. The highest BCUT2D eigenvalue weighted by Crippen LogP contribution is 2.56. The molecule has 1 aromatic carbocycles. The summed E-state index contributed by atoms with van der Waals surface area (Å²) in [5.74, 6) is 0. The van der Waals surface area contributed by atoms with Crippen LogP contribution >= 0.6 is 0 Å². The van der Waals surface area contributed by atoms with Crippen LogP contribution in [0.3, 0.4) is 0 Å². The third-order valence-electron chi connectivity index (χ3n) is 3.17. The van der Waals surface area contributed by atoms with Gasteiger partial charge in [0.05, 0.1) is 0 Å². The molecule has 2 atom stereocenters. The first-order valence-electron chi connectivity index (χ1n) is 4.46. The van der Waals surface area contributed by atoms with Crippen molar-refractivity contribution in [1.29, 1.82) is 0 Å².